The van der Waals surface area contributed by atoms with Gasteiger partial charge >= 0.3 is 0 Å². The molecule has 0 N–H and O–H groups in total. The molecule has 1 aliphatic heterocycles. The van der Waals surface area contributed by atoms with Gasteiger partial charge in [-0.3, -0.25) is 10.1 Å². The van der Waals surface area contributed by atoms with Gasteiger partial charge in [-0.05, 0) is 37.3 Å². The zero-order valence-electron chi connectivity index (χ0n) is 11.5. The van der Waals surface area contributed by atoms with Crippen molar-refractivity contribution in [3.8, 4) is 5.75 Å². The van der Waals surface area contributed by atoms with Gasteiger partial charge in [0.1, 0.15) is 5.75 Å². The summed E-state index contributed by atoms with van der Waals surface area (Å²) in [5.41, 5.74) is 2.08. The predicted octanol–water partition coefficient (Wildman–Crippen LogP) is 5.24. The minimum Gasteiger partial charge on any atom is -0.474 e. The summed E-state index contributed by atoms with van der Waals surface area (Å²) in [7, 11) is 0. The van der Waals surface area contributed by atoms with Gasteiger partial charge in [0.05, 0.1) is 4.92 Å². The Kier molecular flexibility index (Phi) is 3.93. The first-order chi connectivity index (χ1) is 10.5. The topological polar surface area (TPSA) is 52.4 Å². The average molecular weight is 381 g/mol. The number of allylic oxidation sites excluding steroid dienone is 1. The van der Waals surface area contributed by atoms with Crippen molar-refractivity contribution in [1.29, 1.82) is 0 Å². The van der Waals surface area contributed by atoms with E-state index in [2.05, 4.69) is 15.9 Å². The number of hydrogen-bond donors (Lipinski definition) is 0. The van der Waals surface area contributed by atoms with Crippen LogP contribution in [0.15, 0.2) is 52.6 Å². The highest BCUT2D eigenvalue weighted by Gasteiger charge is 2.36. The first-order valence-electron chi connectivity index (χ1n) is 6.54. The molecule has 0 fully saturated rings. The standard InChI is InChI=1S/C16H11BrClNO3/c1-9-13-8-11(17)4-7-14(13)22-16(15(9)19(20)21)10-2-5-12(18)6-3-10/h2-8,16H,1H3. The number of fused-ring (bicyclic) bond motifs is 1. The molecule has 4 nitrogen and oxygen atoms in total. The lowest BCUT2D eigenvalue weighted by atomic mass is 9.95. The number of nitro groups is 1. The zero-order valence-corrected chi connectivity index (χ0v) is 13.9. The molecular formula is C16H11BrClNO3. The van der Waals surface area contributed by atoms with Crippen LogP contribution in [0.3, 0.4) is 0 Å². The molecule has 2 aromatic rings. The molecule has 0 aromatic heterocycles. The highest BCUT2D eigenvalue weighted by molar-refractivity contribution is 9.10. The molecule has 2 aromatic carbocycles. The third-order valence-electron chi connectivity index (χ3n) is 3.59. The maximum absolute atomic E-state index is 11.5. The SMILES string of the molecule is CC1=C([N+](=O)[O-])C(c2ccc(Cl)cc2)Oc2ccc(Br)cc21. The Morgan fingerprint density at radius 2 is 1.91 bits per heavy atom. The summed E-state index contributed by atoms with van der Waals surface area (Å²) < 4.78 is 6.74. The van der Waals surface area contributed by atoms with E-state index < -0.39 is 6.10 Å². The van der Waals surface area contributed by atoms with E-state index in [9.17, 15) is 10.1 Å². The number of halogens is 2. The van der Waals surface area contributed by atoms with E-state index in [0.717, 1.165) is 10.0 Å². The molecule has 1 unspecified atom stereocenters. The van der Waals surface area contributed by atoms with Crippen molar-refractivity contribution in [3.63, 3.8) is 0 Å². The Bertz CT molecular complexity index is 786. The quantitative estimate of drug-likeness (QED) is 0.528. The molecule has 1 atom stereocenters. The predicted molar refractivity (Wildman–Crippen MR) is 88.6 cm³/mol. The summed E-state index contributed by atoms with van der Waals surface area (Å²) in [4.78, 5) is 11.2. The monoisotopic (exact) mass is 379 g/mol. The van der Waals surface area contributed by atoms with Crippen LogP contribution in [-0.4, -0.2) is 4.92 Å². The first kappa shape index (κ1) is 15.1. The molecular weight excluding hydrogens is 370 g/mol. The van der Waals surface area contributed by atoms with E-state index in [1.54, 1.807) is 31.2 Å². The van der Waals surface area contributed by atoms with Crippen LogP contribution in [0, 0.1) is 10.1 Å². The number of nitrogens with zero attached hydrogens (tertiary/aromatic N) is 1. The Morgan fingerprint density at radius 1 is 1.23 bits per heavy atom. The van der Waals surface area contributed by atoms with Crippen LogP contribution in [-0.2, 0) is 0 Å². The third kappa shape index (κ3) is 2.62. The summed E-state index contributed by atoms with van der Waals surface area (Å²) >= 11 is 9.26. The number of ether oxygens (including phenoxy) is 1. The Labute approximate surface area is 140 Å². The Hall–Kier alpha value is -1.85. The van der Waals surface area contributed by atoms with Crippen molar-refractivity contribution in [2.24, 2.45) is 0 Å². The van der Waals surface area contributed by atoms with Crippen molar-refractivity contribution < 1.29 is 9.66 Å². The molecule has 0 aliphatic carbocycles. The summed E-state index contributed by atoms with van der Waals surface area (Å²) in [6.07, 6.45) is -0.749. The highest BCUT2D eigenvalue weighted by atomic mass is 79.9. The van der Waals surface area contributed by atoms with Crippen LogP contribution in [0.2, 0.25) is 5.02 Å². The molecule has 0 spiro atoms. The smallest absolute Gasteiger partial charge is 0.294 e. The van der Waals surface area contributed by atoms with Crippen molar-refractivity contribution in [2.75, 3.05) is 0 Å². The number of benzene rings is 2. The molecule has 6 heteroatoms. The molecule has 1 heterocycles. The maximum atomic E-state index is 11.5. The van der Waals surface area contributed by atoms with Crippen LogP contribution in [0.1, 0.15) is 24.2 Å². The fourth-order valence-corrected chi connectivity index (χ4v) is 3.00. The number of rotatable bonds is 2. The first-order valence-corrected chi connectivity index (χ1v) is 7.71. The van der Waals surface area contributed by atoms with E-state index in [1.165, 1.54) is 0 Å². The van der Waals surface area contributed by atoms with Crippen molar-refractivity contribution in [1.82, 2.24) is 0 Å². The maximum Gasteiger partial charge on any atom is 0.294 e. The van der Waals surface area contributed by atoms with E-state index in [0.29, 0.717) is 21.9 Å². The van der Waals surface area contributed by atoms with E-state index in [-0.39, 0.29) is 10.6 Å². The van der Waals surface area contributed by atoms with E-state index in [4.69, 9.17) is 16.3 Å². The van der Waals surface area contributed by atoms with Crippen LogP contribution in [0.5, 0.6) is 5.75 Å². The fraction of sp³-hybridized carbons (Fsp3) is 0.125. The second-order valence-electron chi connectivity index (χ2n) is 4.96. The third-order valence-corrected chi connectivity index (χ3v) is 4.34. The van der Waals surface area contributed by atoms with Gasteiger partial charge in [-0.2, -0.15) is 0 Å². The van der Waals surface area contributed by atoms with Crippen molar-refractivity contribution in [2.45, 2.75) is 13.0 Å². The Balaban J connectivity index is 2.17. The second-order valence-corrected chi connectivity index (χ2v) is 6.31. The van der Waals surface area contributed by atoms with E-state index >= 15 is 0 Å². The van der Waals surface area contributed by atoms with Gasteiger partial charge in [-0.25, -0.2) is 0 Å². The van der Waals surface area contributed by atoms with Crippen molar-refractivity contribution in [3.05, 3.63) is 78.9 Å². The molecule has 0 saturated carbocycles. The largest absolute Gasteiger partial charge is 0.474 e. The van der Waals surface area contributed by atoms with Gasteiger partial charge in [0.2, 0.25) is 6.10 Å². The fourth-order valence-electron chi connectivity index (χ4n) is 2.51. The molecule has 112 valence electrons. The van der Waals surface area contributed by atoms with Crippen LogP contribution in [0.4, 0.5) is 0 Å². The zero-order chi connectivity index (χ0) is 15.9. The molecule has 0 radical (unpaired) electrons. The average Bonchev–Trinajstić information content (AvgIpc) is 2.48. The minimum absolute atomic E-state index is 0.0490. The van der Waals surface area contributed by atoms with Gasteiger partial charge < -0.3 is 4.74 Å². The van der Waals surface area contributed by atoms with Crippen LogP contribution < -0.4 is 4.74 Å². The van der Waals surface area contributed by atoms with Crippen molar-refractivity contribution >= 4 is 33.1 Å². The second kappa shape index (κ2) is 5.74. The number of hydrogen-bond acceptors (Lipinski definition) is 3. The van der Waals surface area contributed by atoms with Crippen LogP contribution in [0.25, 0.3) is 5.57 Å². The molecule has 0 bridgehead atoms. The lowest BCUT2D eigenvalue weighted by Gasteiger charge is -2.25. The molecule has 3 rings (SSSR count). The van der Waals surface area contributed by atoms with Gasteiger partial charge in [0.25, 0.3) is 5.70 Å². The highest BCUT2D eigenvalue weighted by Crippen LogP contribution is 2.43. The summed E-state index contributed by atoms with van der Waals surface area (Å²) in [6, 6.07) is 12.4. The van der Waals surface area contributed by atoms with Gasteiger partial charge in [-0.15, -0.1) is 0 Å². The lowest BCUT2D eigenvalue weighted by Crippen LogP contribution is -2.21. The minimum atomic E-state index is -0.749. The summed E-state index contributed by atoms with van der Waals surface area (Å²) in [5, 5.41) is 12.1. The molecule has 0 saturated heterocycles. The normalized spacial score (nSPS) is 17.0. The van der Waals surface area contributed by atoms with Gasteiger partial charge in [-0.1, -0.05) is 39.7 Å². The Morgan fingerprint density at radius 3 is 2.55 bits per heavy atom. The molecule has 22 heavy (non-hydrogen) atoms. The van der Waals surface area contributed by atoms with Gasteiger partial charge in [0.15, 0.2) is 0 Å². The molecule has 0 amide bonds. The van der Waals surface area contributed by atoms with E-state index in [1.807, 2.05) is 18.2 Å². The van der Waals surface area contributed by atoms with Crippen LogP contribution >= 0.6 is 27.5 Å². The molecule has 1 aliphatic rings. The lowest BCUT2D eigenvalue weighted by molar-refractivity contribution is -0.435. The summed E-state index contributed by atoms with van der Waals surface area (Å²) in [6.45, 7) is 1.74. The van der Waals surface area contributed by atoms with Gasteiger partial charge in [0, 0.05) is 26.2 Å². The summed E-state index contributed by atoms with van der Waals surface area (Å²) in [5.74, 6) is 0.631.